The highest BCUT2D eigenvalue weighted by molar-refractivity contribution is 7.15. The lowest BCUT2D eigenvalue weighted by Crippen LogP contribution is -2.47. The summed E-state index contributed by atoms with van der Waals surface area (Å²) in [7, 11) is 0. The van der Waals surface area contributed by atoms with Crippen LogP contribution in [0.2, 0.25) is 0 Å². The Bertz CT molecular complexity index is 751. The van der Waals surface area contributed by atoms with E-state index in [-0.39, 0.29) is 11.3 Å². The number of thiazole rings is 1. The summed E-state index contributed by atoms with van der Waals surface area (Å²) in [5.41, 5.74) is 0.685. The molecule has 2 aromatic rings. The van der Waals surface area contributed by atoms with Gasteiger partial charge in [0.05, 0.1) is 17.7 Å². The van der Waals surface area contributed by atoms with Gasteiger partial charge in [-0.25, -0.2) is 4.98 Å². The van der Waals surface area contributed by atoms with Crippen LogP contribution in [0.3, 0.4) is 0 Å². The van der Waals surface area contributed by atoms with E-state index in [1.54, 1.807) is 11.3 Å². The molecule has 134 valence electrons. The quantitative estimate of drug-likeness (QED) is 0.868. The van der Waals surface area contributed by atoms with Crippen LogP contribution in [-0.4, -0.2) is 52.4 Å². The van der Waals surface area contributed by atoms with E-state index in [0.717, 1.165) is 36.8 Å². The molecular weight excluding hydrogens is 334 g/mol. The lowest BCUT2D eigenvalue weighted by molar-refractivity contribution is -0.131. The van der Waals surface area contributed by atoms with Crippen molar-refractivity contribution in [2.75, 3.05) is 26.2 Å². The summed E-state index contributed by atoms with van der Waals surface area (Å²) >= 11 is 1.62. The lowest BCUT2D eigenvalue weighted by atomic mass is 9.80. The third-order valence-electron chi connectivity index (χ3n) is 6.42. The normalized spacial score (nSPS) is 30.3. The van der Waals surface area contributed by atoms with E-state index < -0.39 is 0 Å². The van der Waals surface area contributed by atoms with Crippen molar-refractivity contribution in [3.63, 3.8) is 0 Å². The van der Waals surface area contributed by atoms with Gasteiger partial charge in [-0.1, -0.05) is 12.8 Å². The molecule has 2 aliphatic heterocycles. The maximum atomic E-state index is 13.1. The van der Waals surface area contributed by atoms with Crippen LogP contribution in [0.25, 0.3) is 4.96 Å². The standard InChI is InChI=1S/C18H25N5OS/c24-16(20-8-14-10-22-5-6-25-17(22)21-14)18-11-19-7-13(18)9-23(12-18)15-3-1-2-4-15/h5-6,10,13,15,19H,1-4,7-9,11-12H2,(H,20,24)/t13-,18-/m0/s1. The van der Waals surface area contributed by atoms with Crippen LogP contribution in [0.1, 0.15) is 31.4 Å². The molecule has 1 amide bonds. The van der Waals surface area contributed by atoms with Crippen LogP contribution in [0.4, 0.5) is 0 Å². The molecular formula is C18H25N5OS. The van der Waals surface area contributed by atoms with E-state index in [0.29, 0.717) is 18.5 Å². The minimum Gasteiger partial charge on any atom is -0.350 e. The summed E-state index contributed by atoms with van der Waals surface area (Å²) in [4.78, 5) is 21.3. The highest BCUT2D eigenvalue weighted by Crippen LogP contribution is 2.42. The average molecular weight is 359 g/mol. The SMILES string of the molecule is O=C(NCc1cn2ccsc2n1)[C@]12CNC[C@H]1CN(C1CCCC1)C2. The molecule has 4 heterocycles. The average Bonchev–Trinajstić information content (AvgIpc) is 3.37. The van der Waals surface area contributed by atoms with Crippen LogP contribution < -0.4 is 10.6 Å². The highest BCUT2D eigenvalue weighted by Gasteiger charge is 2.55. The third kappa shape index (κ3) is 2.60. The molecule has 6 nitrogen and oxygen atoms in total. The first-order valence-corrected chi connectivity index (χ1v) is 10.3. The van der Waals surface area contributed by atoms with Crippen LogP contribution >= 0.6 is 11.3 Å². The van der Waals surface area contributed by atoms with Crippen LogP contribution in [0, 0.1) is 11.3 Å². The van der Waals surface area contributed by atoms with E-state index in [1.807, 2.05) is 22.2 Å². The Morgan fingerprint density at radius 2 is 2.32 bits per heavy atom. The van der Waals surface area contributed by atoms with Gasteiger partial charge in [-0.15, -0.1) is 11.3 Å². The maximum absolute atomic E-state index is 13.1. The Kier molecular flexibility index (Phi) is 3.83. The van der Waals surface area contributed by atoms with Gasteiger partial charge in [0, 0.05) is 55.9 Å². The molecule has 0 spiro atoms. The highest BCUT2D eigenvalue weighted by atomic mass is 32.1. The number of nitrogens with zero attached hydrogens (tertiary/aromatic N) is 3. The van der Waals surface area contributed by atoms with Crippen LogP contribution in [-0.2, 0) is 11.3 Å². The predicted octanol–water partition coefficient (Wildman–Crippen LogP) is 1.48. The second-order valence-electron chi connectivity index (χ2n) is 7.86. The zero-order valence-electron chi connectivity index (χ0n) is 14.4. The van der Waals surface area contributed by atoms with Crippen LogP contribution in [0.15, 0.2) is 17.8 Å². The molecule has 1 aliphatic carbocycles. The number of amides is 1. The smallest absolute Gasteiger partial charge is 0.229 e. The summed E-state index contributed by atoms with van der Waals surface area (Å²) in [5, 5.41) is 8.68. The minimum atomic E-state index is -0.250. The molecule has 5 rings (SSSR count). The molecule has 0 radical (unpaired) electrons. The van der Waals surface area contributed by atoms with Gasteiger partial charge >= 0.3 is 0 Å². The first-order valence-electron chi connectivity index (χ1n) is 9.39. The van der Waals surface area contributed by atoms with Gasteiger partial charge in [-0.05, 0) is 12.8 Å². The topological polar surface area (TPSA) is 61.7 Å². The number of nitrogens with one attached hydrogen (secondary N) is 2. The molecule has 3 fully saturated rings. The summed E-state index contributed by atoms with van der Waals surface area (Å²) in [6, 6.07) is 0.704. The number of hydrogen-bond acceptors (Lipinski definition) is 5. The molecule has 0 unspecified atom stereocenters. The van der Waals surface area contributed by atoms with Crippen molar-refractivity contribution >= 4 is 22.2 Å². The van der Waals surface area contributed by atoms with E-state index >= 15 is 0 Å². The maximum Gasteiger partial charge on any atom is 0.229 e. The monoisotopic (exact) mass is 359 g/mol. The van der Waals surface area contributed by atoms with E-state index in [1.165, 1.54) is 25.7 Å². The van der Waals surface area contributed by atoms with Crippen molar-refractivity contribution in [2.45, 2.75) is 38.3 Å². The Labute approximate surface area is 151 Å². The predicted molar refractivity (Wildman–Crippen MR) is 97.5 cm³/mol. The zero-order chi connectivity index (χ0) is 16.9. The van der Waals surface area contributed by atoms with Gasteiger partial charge in [-0.2, -0.15) is 0 Å². The Hall–Kier alpha value is -1.44. The van der Waals surface area contributed by atoms with Crippen molar-refractivity contribution in [3.8, 4) is 0 Å². The second-order valence-corrected chi connectivity index (χ2v) is 8.73. The van der Waals surface area contributed by atoms with Gasteiger partial charge in [0.2, 0.25) is 5.91 Å². The van der Waals surface area contributed by atoms with Crippen molar-refractivity contribution in [3.05, 3.63) is 23.5 Å². The van der Waals surface area contributed by atoms with Crippen molar-refractivity contribution < 1.29 is 4.79 Å². The first-order chi connectivity index (χ1) is 12.2. The molecule has 0 bridgehead atoms. The number of imidazole rings is 1. The summed E-state index contributed by atoms with van der Waals surface area (Å²) < 4.78 is 2.02. The van der Waals surface area contributed by atoms with Gasteiger partial charge < -0.3 is 10.6 Å². The van der Waals surface area contributed by atoms with Gasteiger partial charge in [-0.3, -0.25) is 14.1 Å². The summed E-state index contributed by atoms with van der Waals surface area (Å²) in [6.07, 6.45) is 9.33. The summed E-state index contributed by atoms with van der Waals surface area (Å²) in [6.45, 7) is 4.29. The number of rotatable bonds is 4. The van der Waals surface area contributed by atoms with Crippen molar-refractivity contribution in [1.82, 2.24) is 24.9 Å². The fraction of sp³-hybridized carbons (Fsp3) is 0.667. The van der Waals surface area contributed by atoms with Gasteiger partial charge in [0.1, 0.15) is 0 Å². The van der Waals surface area contributed by atoms with Crippen molar-refractivity contribution in [2.24, 2.45) is 11.3 Å². The number of likely N-dealkylation sites (tertiary alicyclic amines) is 1. The fourth-order valence-electron chi connectivity index (χ4n) is 5.04. The number of hydrogen-bond donors (Lipinski definition) is 2. The van der Waals surface area contributed by atoms with E-state index in [4.69, 9.17) is 0 Å². The molecule has 3 aliphatic rings. The molecule has 0 aromatic carbocycles. The van der Waals surface area contributed by atoms with E-state index in [9.17, 15) is 4.79 Å². The number of aromatic nitrogens is 2. The second kappa shape index (κ2) is 6.07. The summed E-state index contributed by atoms with van der Waals surface area (Å²) in [5.74, 6) is 0.651. The lowest BCUT2D eigenvalue weighted by Gasteiger charge is -2.28. The Morgan fingerprint density at radius 1 is 1.44 bits per heavy atom. The zero-order valence-corrected chi connectivity index (χ0v) is 15.2. The number of carbonyl (C=O) groups excluding carboxylic acids is 1. The van der Waals surface area contributed by atoms with Crippen molar-refractivity contribution in [1.29, 1.82) is 0 Å². The molecule has 7 heteroatoms. The van der Waals surface area contributed by atoms with Gasteiger partial charge in [0.25, 0.3) is 0 Å². The third-order valence-corrected chi connectivity index (χ3v) is 7.19. The van der Waals surface area contributed by atoms with E-state index in [2.05, 4.69) is 20.5 Å². The molecule has 2 atom stereocenters. The Balaban J connectivity index is 1.28. The number of carbonyl (C=O) groups is 1. The fourth-order valence-corrected chi connectivity index (χ4v) is 5.76. The Morgan fingerprint density at radius 3 is 3.16 bits per heavy atom. The molecule has 25 heavy (non-hydrogen) atoms. The van der Waals surface area contributed by atoms with Crippen LogP contribution in [0.5, 0.6) is 0 Å². The van der Waals surface area contributed by atoms with Gasteiger partial charge in [0.15, 0.2) is 4.96 Å². The largest absolute Gasteiger partial charge is 0.350 e. The molecule has 2 saturated heterocycles. The molecule has 1 saturated carbocycles. The molecule has 2 aromatic heterocycles. The molecule has 2 N–H and O–H groups in total. The first kappa shape index (κ1) is 15.8. The minimum absolute atomic E-state index is 0.208. The number of fused-ring (bicyclic) bond motifs is 2.